The third kappa shape index (κ3) is 3.79. The molecule has 156 valence electrons. The molecule has 0 aliphatic carbocycles. The highest BCUT2D eigenvalue weighted by molar-refractivity contribution is 7.99. The van der Waals surface area contributed by atoms with Crippen molar-refractivity contribution >= 4 is 17.4 Å². The topological polar surface area (TPSA) is 86.9 Å². The Labute approximate surface area is 178 Å². The number of nitrogens with zero attached hydrogens (tertiary/aromatic N) is 7. The van der Waals surface area contributed by atoms with Gasteiger partial charge in [0.25, 0.3) is 6.43 Å². The highest BCUT2D eigenvalue weighted by Crippen LogP contribution is 2.30. The molecule has 0 aliphatic heterocycles. The smallest absolute Gasteiger partial charge is 0.299 e. The highest BCUT2D eigenvalue weighted by atomic mass is 32.2. The molecule has 0 N–H and O–H groups in total. The number of rotatable bonds is 6. The molecular formula is C20H15F2N7OS. The van der Waals surface area contributed by atoms with Gasteiger partial charge in [-0.05, 0) is 43.0 Å². The van der Waals surface area contributed by atoms with E-state index in [0.717, 1.165) is 21.4 Å². The van der Waals surface area contributed by atoms with E-state index < -0.39 is 12.2 Å². The van der Waals surface area contributed by atoms with Crippen molar-refractivity contribution in [1.29, 1.82) is 0 Å². The van der Waals surface area contributed by atoms with Crippen molar-refractivity contribution in [2.45, 2.75) is 30.1 Å². The summed E-state index contributed by atoms with van der Waals surface area (Å²) >= 11 is 1.21. The van der Waals surface area contributed by atoms with Crippen molar-refractivity contribution in [3.8, 4) is 11.4 Å². The van der Waals surface area contributed by atoms with Gasteiger partial charge in [-0.2, -0.15) is 9.61 Å². The maximum absolute atomic E-state index is 13.2. The quantitative estimate of drug-likeness (QED) is 0.387. The van der Waals surface area contributed by atoms with E-state index >= 15 is 0 Å². The summed E-state index contributed by atoms with van der Waals surface area (Å²) in [6.45, 7) is 2.42. The Kier molecular flexibility index (Phi) is 4.94. The standard InChI is InChI=1S/C20H15F2N7OS/c1-12-4-6-13(7-5-12)18-24-26-20(28(18)11-14-3-2-10-30-14)31-16-9-8-15-23-25-19(17(21)22)29(15)27-16/h2-10,17H,11H2,1H3. The summed E-state index contributed by atoms with van der Waals surface area (Å²) in [6.07, 6.45) is -1.18. The molecule has 5 rings (SSSR count). The van der Waals surface area contributed by atoms with Gasteiger partial charge < -0.3 is 4.42 Å². The van der Waals surface area contributed by atoms with Crippen LogP contribution < -0.4 is 0 Å². The lowest BCUT2D eigenvalue weighted by molar-refractivity contribution is 0.137. The van der Waals surface area contributed by atoms with E-state index in [1.807, 2.05) is 47.9 Å². The molecule has 0 aliphatic rings. The maximum Gasteiger partial charge on any atom is 0.299 e. The van der Waals surface area contributed by atoms with Crippen LogP contribution in [0.4, 0.5) is 8.78 Å². The van der Waals surface area contributed by atoms with E-state index in [4.69, 9.17) is 4.42 Å². The summed E-state index contributed by atoms with van der Waals surface area (Å²) in [5.74, 6) is 0.893. The molecule has 0 saturated heterocycles. The maximum atomic E-state index is 13.2. The highest BCUT2D eigenvalue weighted by Gasteiger charge is 2.20. The zero-order valence-corrected chi connectivity index (χ0v) is 17.0. The van der Waals surface area contributed by atoms with Crippen LogP contribution in [0.1, 0.15) is 23.6 Å². The SMILES string of the molecule is Cc1ccc(-c2nnc(Sc3ccc4nnc(C(F)F)n4n3)n2Cc2ccco2)cc1. The summed E-state index contributed by atoms with van der Waals surface area (Å²) < 4.78 is 34.8. The molecule has 0 radical (unpaired) electrons. The minimum Gasteiger partial charge on any atom is -0.467 e. The molecule has 0 unspecified atom stereocenters. The first kappa shape index (κ1) is 19.4. The minimum absolute atomic E-state index is 0.247. The van der Waals surface area contributed by atoms with Gasteiger partial charge in [0.1, 0.15) is 10.8 Å². The third-order valence-electron chi connectivity index (χ3n) is 4.57. The van der Waals surface area contributed by atoms with E-state index in [0.29, 0.717) is 22.6 Å². The van der Waals surface area contributed by atoms with Crippen LogP contribution in [0.2, 0.25) is 0 Å². The van der Waals surface area contributed by atoms with E-state index in [-0.39, 0.29) is 5.65 Å². The number of alkyl halides is 2. The molecule has 5 aromatic rings. The van der Waals surface area contributed by atoms with Gasteiger partial charge in [0.2, 0.25) is 5.82 Å². The lowest BCUT2D eigenvalue weighted by atomic mass is 10.1. The second kappa shape index (κ2) is 7.91. The molecule has 0 atom stereocenters. The predicted molar refractivity (Wildman–Crippen MR) is 108 cm³/mol. The van der Waals surface area contributed by atoms with E-state index in [1.54, 1.807) is 18.4 Å². The van der Waals surface area contributed by atoms with Crippen LogP contribution in [0.15, 0.2) is 69.4 Å². The first-order chi connectivity index (χ1) is 15.1. The first-order valence-electron chi connectivity index (χ1n) is 9.29. The number of hydrogen-bond acceptors (Lipinski definition) is 7. The van der Waals surface area contributed by atoms with Gasteiger partial charge in [-0.15, -0.1) is 20.4 Å². The van der Waals surface area contributed by atoms with Crippen LogP contribution in [0.25, 0.3) is 17.0 Å². The fourth-order valence-electron chi connectivity index (χ4n) is 3.05. The fraction of sp³-hybridized carbons (Fsp3) is 0.150. The Bertz CT molecular complexity index is 1330. The van der Waals surface area contributed by atoms with E-state index in [9.17, 15) is 8.78 Å². The van der Waals surface area contributed by atoms with E-state index in [1.165, 1.54) is 11.8 Å². The summed E-state index contributed by atoms with van der Waals surface area (Å²) in [4.78, 5) is 0. The summed E-state index contributed by atoms with van der Waals surface area (Å²) in [5.41, 5.74) is 2.28. The van der Waals surface area contributed by atoms with Gasteiger partial charge in [0.15, 0.2) is 16.6 Å². The minimum atomic E-state index is -2.78. The largest absolute Gasteiger partial charge is 0.467 e. The Hall–Kier alpha value is -3.60. The molecule has 0 bridgehead atoms. The van der Waals surface area contributed by atoms with Crippen molar-refractivity contribution in [3.05, 3.63) is 71.9 Å². The number of benzene rings is 1. The van der Waals surface area contributed by atoms with Crippen molar-refractivity contribution < 1.29 is 13.2 Å². The lowest BCUT2D eigenvalue weighted by Crippen LogP contribution is -2.04. The zero-order valence-electron chi connectivity index (χ0n) is 16.2. The Balaban J connectivity index is 1.55. The number of fused-ring (bicyclic) bond motifs is 1. The molecule has 4 aromatic heterocycles. The average Bonchev–Trinajstić information content (AvgIpc) is 3.50. The third-order valence-corrected chi connectivity index (χ3v) is 5.49. The van der Waals surface area contributed by atoms with Crippen LogP contribution in [0.3, 0.4) is 0 Å². The molecule has 0 saturated carbocycles. The molecule has 1 aromatic carbocycles. The molecule has 8 nitrogen and oxygen atoms in total. The number of halogens is 2. The van der Waals surface area contributed by atoms with Crippen LogP contribution in [-0.4, -0.2) is 34.6 Å². The van der Waals surface area contributed by atoms with Crippen LogP contribution in [0, 0.1) is 6.92 Å². The average molecular weight is 439 g/mol. The van der Waals surface area contributed by atoms with Crippen molar-refractivity contribution in [3.63, 3.8) is 0 Å². The monoisotopic (exact) mass is 439 g/mol. The van der Waals surface area contributed by atoms with Crippen LogP contribution >= 0.6 is 11.8 Å². The van der Waals surface area contributed by atoms with Gasteiger partial charge in [-0.1, -0.05) is 29.8 Å². The molecule has 4 heterocycles. The van der Waals surface area contributed by atoms with Crippen molar-refractivity contribution in [1.82, 2.24) is 34.6 Å². The Morgan fingerprint density at radius 1 is 1.00 bits per heavy atom. The van der Waals surface area contributed by atoms with E-state index in [2.05, 4.69) is 25.5 Å². The van der Waals surface area contributed by atoms with Gasteiger partial charge in [-0.25, -0.2) is 8.78 Å². The van der Waals surface area contributed by atoms with Gasteiger partial charge in [-0.3, -0.25) is 4.57 Å². The molecule has 31 heavy (non-hydrogen) atoms. The first-order valence-corrected chi connectivity index (χ1v) is 10.1. The van der Waals surface area contributed by atoms with Crippen LogP contribution in [0.5, 0.6) is 0 Å². The number of aromatic nitrogens is 7. The second-order valence-electron chi connectivity index (χ2n) is 6.74. The number of hydrogen-bond donors (Lipinski definition) is 0. The second-order valence-corrected chi connectivity index (χ2v) is 7.73. The fourth-order valence-corrected chi connectivity index (χ4v) is 3.84. The number of aryl methyl sites for hydroxylation is 1. The van der Waals surface area contributed by atoms with Gasteiger partial charge in [0, 0.05) is 5.56 Å². The zero-order chi connectivity index (χ0) is 21.4. The molecule has 11 heteroatoms. The van der Waals surface area contributed by atoms with Crippen molar-refractivity contribution in [2.24, 2.45) is 0 Å². The summed E-state index contributed by atoms with van der Waals surface area (Å²) in [7, 11) is 0. The normalized spacial score (nSPS) is 11.6. The molecule has 0 fully saturated rings. The van der Waals surface area contributed by atoms with Gasteiger partial charge in [0.05, 0.1) is 12.8 Å². The van der Waals surface area contributed by atoms with Gasteiger partial charge >= 0.3 is 0 Å². The lowest BCUT2D eigenvalue weighted by Gasteiger charge is -2.09. The molecule has 0 spiro atoms. The molecular weight excluding hydrogens is 424 g/mol. The number of furan rings is 1. The predicted octanol–water partition coefficient (Wildman–Crippen LogP) is 4.42. The molecule has 0 amide bonds. The summed E-state index contributed by atoms with van der Waals surface area (Å²) in [5, 5.41) is 21.2. The van der Waals surface area contributed by atoms with Crippen LogP contribution in [-0.2, 0) is 6.54 Å². The Morgan fingerprint density at radius 3 is 2.58 bits per heavy atom. The Morgan fingerprint density at radius 2 is 1.84 bits per heavy atom. The van der Waals surface area contributed by atoms with Crippen molar-refractivity contribution in [2.75, 3.05) is 0 Å². The summed E-state index contributed by atoms with van der Waals surface area (Å²) in [6, 6.07) is 14.9.